The monoisotopic (exact) mass is 178 g/mol. The summed E-state index contributed by atoms with van der Waals surface area (Å²) >= 11 is 0. The Morgan fingerprint density at radius 2 is 1.92 bits per heavy atom. The number of para-hydroxylation sites is 1. The van der Waals surface area contributed by atoms with Gasteiger partial charge in [-0.2, -0.15) is 0 Å². The quantitative estimate of drug-likeness (QED) is 0.729. The Hall–Kier alpha value is -1.02. The predicted molar refractivity (Wildman–Crippen MR) is 50.4 cm³/mol. The summed E-state index contributed by atoms with van der Waals surface area (Å²) in [4.78, 5) is 0. The Balaban J connectivity index is 2.18. The van der Waals surface area contributed by atoms with Crippen molar-refractivity contribution in [3.8, 4) is 5.75 Å². The second-order valence-corrected chi connectivity index (χ2v) is 3.69. The van der Waals surface area contributed by atoms with Crippen LogP contribution in [0.15, 0.2) is 24.3 Å². The van der Waals surface area contributed by atoms with Crippen LogP contribution in [0.25, 0.3) is 0 Å². The van der Waals surface area contributed by atoms with Crippen LogP contribution in [-0.2, 0) is 0 Å². The summed E-state index contributed by atoms with van der Waals surface area (Å²) in [6, 6.07) is 7.03. The van der Waals surface area contributed by atoms with Gasteiger partial charge in [0.25, 0.3) is 0 Å². The molecule has 1 atom stereocenters. The Morgan fingerprint density at radius 1 is 1.23 bits per heavy atom. The van der Waals surface area contributed by atoms with Crippen LogP contribution in [0, 0.1) is 5.92 Å². The lowest BCUT2D eigenvalue weighted by molar-refractivity contribution is 0.0601. The van der Waals surface area contributed by atoms with E-state index in [1.807, 2.05) is 6.07 Å². The van der Waals surface area contributed by atoms with Gasteiger partial charge in [0.15, 0.2) is 0 Å². The highest BCUT2D eigenvalue weighted by atomic mass is 16.3. The third-order valence-electron chi connectivity index (χ3n) is 2.85. The maximum atomic E-state index is 9.86. The van der Waals surface area contributed by atoms with Gasteiger partial charge in [0.2, 0.25) is 0 Å². The summed E-state index contributed by atoms with van der Waals surface area (Å²) in [5, 5.41) is 19.4. The Kier molecular flexibility index (Phi) is 2.23. The fourth-order valence-corrected chi connectivity index (χ4v) is 1.75. The number of aliphatic hydroxyl groups excluding tert-OH is 1. The molecule has 2 nitrogen and oxygen atoms in total. The number of phenols is 1. The Labute approximate surface area is 77.8 Å². The van der Waals surface area contributed by atoms with E-state index in [0.29, 0.717) is 11.5 Å². The molecule has 70 valence electrons. The van der Waals surface area contributed by atoms with Crippen molar-refractivity contribution in [1.82, 2.24) is 0 Å². The highest BCUT2D eigenvalue weighted by Gasteiger charge is 2.27. The van der Waals surface area contributed by atoms with E-state index in [9.17, 15) is 10.2 Å². The standard InChI is InChI=1S/C11H14O2/c12-10-7-2-1-6-9(10)11(13)8-4-3-5-8/h1-2,6-8,11-13H,3-5H2. The van der Waals surface area contributed by atoms with Crippen LogP contribution in [0.4, 0.5) is 0 Å². The molecule has 0 aromatic heterocycles. The summed E-state index contributed by atoms with van der Waals surface area (Å²) in [6.45, 7) is 0. The molecule has 1 aliphatic carbocycles. The third-order valence-corrected chi connectivity index (χ3v) is 2.85. The smallest absolute Gasteiger partial charge is 0.121 e. The second-order valence-electron chi connectivity index (χ2n) is 3.69. The van der Waals surface area contributed by atoms with E-state index in [-0.39, 0.29) is 5.75 Å². The molecule has 0 amide bonds. The number of hydrogen-bond donors (Lipinski definition) is 2. The molecule has 2 rings (SSSR count). The molecule has 0 heterocycles. The summed E-state index contributed by atoms with van der Waals surface area (Å²) in [5.74, 6) is 0.565. The topological polar surface area (TPSA) is 40.5 Å². The normalized spacial score (nSPS) is 19.5. The highest BCUT2D eigenvalue weighted by molar-refractivity contribution is 5.34. The van der Waals surface area contributed by atoms with E-state index in [1.165, 1.54) is 6.42 Å². The average Bonchev–Trinajstić information content (AvgIpc) is 2.01. The maximum absolute atomic E-state index is 9.86. The lowest BCUT2D eigenvalue weighted by atomic mass is 9.78. The zero-order valence-corrected chi connectivity index (χ0v) is 7.48. The SMILES string of the molecule is Oc1ccccc1C(O)C1CCC1. The van der Waals surface area contributed by atoms with Crippen LogP contribution < -0.4 is 0 Å². The lowest BCUT2D eigenvalue weighted by Gasteiger charge is -2.30. The van der Waals surface area contributed by atoms with Gasteiger partial charge in [-0.05, 0) is 24.8 Å². The number of phenolic OH excluding ortho intramolecular Hbond substituents is 1. The van der Waals surface area contributed by atoms with Crippen molar-refractivity contribution in [3.63, 3.8) is 0 Å². The molecular weight excluding hydrogens is 164 g/mol. The molecule has 13 heavy (non-hydrogen) atoms. The first-order chi connectivity index (χ1) is 6.29. The van der Waals surface area contributed by atoms with E-state index in [2.05, 4.69) is 0 Å². The number of rotatable bonds is 2. The lowest BCUT2D eigenvalue weighted by Crippen LogP contribution is -2.19. The van der Waals surface area contributed by atoms with Crippen molar-refractivity contribution >= 4 is 0 Å². The molecule has 0 spiro atoms. The van der Waals surface area contributed by atoms with Gasteiger partial charge in [-0.3, -0.25) is 0 Å². The average molecular weight is 178 g/mol. The van der Waals surface area contributed by atoms with Crippen molar-refractivity contribution in [2.24, 2.45) is 5.92 Å². The molecule has 1 fully saturated rings. The van der Waals surface area contributed by atoms with Gasteiger partial charge in [-0.25, -0.2) is 0 Å². The van der Waals surface area contributed by atoms with E-state index >= 15 is 0 Å². The predicted octanol–water partition coefficient (Wildman–Crippen LogP) is 2.23. The second kappa shape index (κ2) is 3.38. The van der Waals surface area contributed by atoms with Crippen LogP contribution >= 0.6 is 0 Å². The summed E-state index contributed by atoms with van der Waals surface area (Å²) in [6.07, 6.45) is 2.88. The van der Waals surface area contributed by atoms with E-state index in [1.54, 1.807) is 18.2 Å². The summed E-state index contributed by atoms with van der Waals surface area (Å²) in [7, 11) is 0. The molecule has 0 aliphatic heterocycles. The molecule has 1 aliphatic rings. The van der Waals surface area contributed by atoms with Crippen molar-refractivity contribution in [2.75, 3.05) is 0 Å². The van der Waals surface area contributed by atoms with Crippen molar-refractivity contribution in [3.05, 3.63) is 29.8 Å². The fraction of sp³-hybridized carbons (Fsp3) is 0.455. The molecule has 0 bridgehead atoms. The molecule has 1 aromatic carbocycles. The van der Waals surface area contributed by atoms with E-state index in [0.717, 1.165) is 12.8 Å². The number of aliphatic hydroxyl groups is 1. The maximum Gasteiger partial charge on any atom is 0.121 e. The molecule has 1 aromatic rings. The van der Waals surface area contributed by atoms with Crippen LogP contribution in [0.5, 0.6) is 5.75 Å². The van der Waals surface area contributed by atoms with Crippen LogP contribution in [-0.4, -0.2) is 10.2 Å². The first-order valence-electron chi connectivity index (χ1n) is 4.75. The van der Waals surface area contributed by atoms with Gasteiger partial charge in [-0.15, -0.1) is 0 Å². The first kappa shape index (κ1) is 8.57. The minimum atomic E-state index is -0.477. The van der Waals surface area contributed by atoms with E-state index in [4.69, 9.17) is 0 Å². The zero-order chi connectivity index (χ0) is 9.26. The van der Waals surface area contributed by atoms with Gasteiger partial charge in [0.05, 0.1) is 6.10 Å². The van der Waals surface area contributed by atoms with Gasteiger partial charge < -0.3 is 10.2 Å². The Bertz CT molecular complexity index is 292. The Morgan fingerprint density at radius 3 is 2.46 bits per heavy atom. The molecule has 1 saturated carbocycles. The van der Waals surface area contributed by atoms with Crippen molar-refractivity contribution < 1.29 is 10.2 Å². The molecule has 2 N–H and O–H groups in total. The third kappa shape index (κ3) is 1.54. The summed E-state index contributed by atoms with van der Waals surface area (Å²) in [5.41, 5.74) is 0.673. The largest absolute Gasteiger partial charge is 0.508 e. The molecule has 2 heteroatoms. The number of aromatic hydroxyl groups is 1. The minimum Gasteiger partial charge on any atom is -0.508 e. The van der Waals surface area contributed by atoms with Crippen molar-refractivity contribution in [2.45, 2.75) is 25.4 Å². The van der Waals surface area contributed by atoms with Gasteiger partial charge in [0.1, 0.15) is 5.75 Å². The van der Waals surface area contributed by atoms with E-state index < -0.39 is 6.10 Å². The minimum absolute atomic E-state index is 0.210. The molecule has 0 saturated heterocycles. The number of hydrogen-bond acceptors (Lipinski definition) is 2. The van der Waals surface area contributed by atoms with Gasteiger partial charge >= 0.3 is 0 Å². The van der Waals surface area contributed by atoms with Crippen LogP contribution in [0.1, 0.15) is 30.9 Å². The van der Waals surface area contributed by atoms with Crippen molar-refractivity contribution in [1.29, 1.82) is 0 Å². The number of benzene rings is 1. The summed E-state index contributed by atoms with van der Waals surface area (Å²) < 4.78 is 0. The first-order valence-corrected chi connectivity index (χ1v) is 4.75. The molecule has 0 radical (unpaired) electrons. The van der Waals surface area contributed by atoms with Gasteiger partial charge in [0, 0.05) is 5.56 Å². The zero-order valence-electron chi connectivity index (χ0n) is 7.48. The van der Waals surface area contributed by atoms with Crippen LogP contribution in [0.2, 0.25) is 0 Å². The van der Waals surface area contributed by atoms with Gasteiger partial charge in [-0.1, -0.05) is 24.6 Å². The van der Waals surface area contributed by atoms with Crippen LogP contribution in [0.3, 0.4) is 0 Å². The highest BCUT2D eigenvalue weighted by Crippen LogP contribution is 2.39. The molecular formula is C11H14O2. The molecule has 1 unspecified atom stereocenters. The fourth-order valence-electron chi connectivity index (χ4n) is 1.75.